The zero-order valence-electron chi connectivity index (χ0n) is 19.1. The van der Waals surface area contributed by atoms with Gasteiger partial charge in [-0.05, 0) is 50.2 Å². The highest BCUT2D eigenvalue weighted by atomic mass is 35.5. The van der Waals surface area contributed by atoms with Gasteiger partial charge in [0.2, 0.25) is 0 Å². The van der Waals surface area contributed by atoms with Crippen LogP contribution >= 0.6 is 23.2 Å². The van der Waals surface area contributed by atoms with Crippen LogP contribution in [0.1, 0.15) is 12.8 Å². The van der Waals surface area contributed by atoms with Crippen molar-refractivity contribution in [2.45, 2.75) is 31.1 Å². The second-order valence-corrected chi connectivity index (χ2v) is 9.10. The van der Waals surface area contributed by atoms with Crippen LogP contribution in [0.5, 0.6) is 17.2 Å². The Kier molecular flexibility index (Phi) is 10.5. The summed E-state index contributed by atoms with van der Waals surface area (Å²) in [7, 11) is 1.40. The Hall–Kier alpha value is -1.81. The number of rotatable bonds is 12. The number of ether oxygens (including phenoxy) is 3. The van der Waals surface area contributed by atoms with Crippen molar-refractivity contribution in [2.75, 3.05) is 46.5 Å². The molecule has 1 fully saturated rings. The number of nitrogens with zero attached hydrogens (tertiary/aromatic N) is 1. The van der Waals surface area contributed by atoms with Crippen molar-refractivity contribution in [2.24, 2.45) is 0 Å². The van der Waals surface area contributed by atoms with E-state index in [0.29, 0.717) is 34.6 Å². The lowest BCUT2D eigenvalue weighted by atomic mass is 10.0. The number of aliphatic hydroxyl groups excluding tert-OH is 2. The molecule has 1 heterocycles. The molecule has 1 aliphatic heterocycles. The van der Waals surface area contributed by atoms with Crippen molar-refractivity contribution < 1.29 is 28.8 Å². The van der Waals surface area contributed by atoms with E-state index in [1.165, 1.54) is 19.2 Å². The van der Waals surface area contributed by atoms with Crippen LogP contribution in [0.3, 0.4) is 0 Å². The molecule has 0 saturated carbocycles. The zero-order chi connectivity index (χ0) is 24.5. The third-order valence-electron chi connectivity index (χ3n) is 5.60. The van der Waals surface area contributed by atoms with Crippen molar-refractivity contribution in [1.29, 1.82) is 0 Å². The molecule has 0 unspecified atom stereocenters. The van der Waals surface area contributed by atoms with Crippen molar-refractivity contribution >= 4 is 23.2 Å². The Labute approximate surface area is 209 Å². The first-order valence-corrected chi connectivity index (χ1v) is 12.0. The topological polar surface area (TPSA) is 83.4 Å². The highest BCUT2D eigenvalue weighted by Crippen LogP contribution is 2.26. The number of hydrogen-bond donors (Lipinski definition) is 3. The lowest BCUT2D eigenvalue weighted by Gasteiger charge is -2.33. The second kappa shape index (κ2) is 13.3. The zero-order valence-corrected chi connectivity index (χ0v) is 20.6. The molecule has 1 saturated heterocycles. The number of halogens is 3. The Balaban J connectivity index is 1.29. The van der Waals surface area contributed by atoms with Gasteiger partial charge >= 0.3 is 0 Å². The smallest absolute Gasteiger partial charge is 0.168 e. The average molecular weight is 517 g/mol. The number of methoxy groups -OCH3 is 1. The molecule has 1 aliphatic rings. The quantitative estimate of drug-likeness (QED) is 0.398. The SMILES string of the molecule is COc1ccc(OC[C@H](O)CNC2CCN(C[C@@H](O)COc3ccc(Cl)c(Cl)c3)CC2)cc1F. The van der Waals surface area contributed by atoms with E-state index in [4.69, 9.17) is 37.4 Å². The van der Waals surface area contributed by atoms with Gasteiger partial charge in [-0.2, -0.15) is 0 Å². The minimum Gasteiger partial charge on any atom is -0.494 e. The molecule has 0 spiro atoms. The van der Waals surface area contributed by atoms with E-state index in [0.717, 1.165) is 25.9 Å². The van der Waals surface area contributed by atoms with E-state index < -0.39 is 18.0 Å². The largest absolute Gasteiger partial charge is 0.494 e. The van der Waals surface area contributed by atoms with Gasteiger partial charge in [-0.25, -0.2) is 4.39 Å². The Morgan fingerprint density at radius 2 is 1.65 bits per heavy atom. The van der Waals surface area contributed by atoms with E-state index >= 15 is 0 Å². The summed E-state index contributed by atoms with van der Waals surface area (Å²) in [6.45, 7) is 2.79. The number of nitrogens with one attached hydrogen (secondary N) is 1. The van der Waals surface area contributed by atoms with Crippen molar-refractivity contribution in [3.05, 3.63) is 52.3 Å². The molecule has 188 valence electrons. The molecular formula is C24H31Cl2FN2O5. The molecule has 3 N–H and O–H groups in total. The van der Waals surface area contributed by atoms with E-state index in [1.54, 1.807) is 24.3 Å². The van der Waals surface area contributed by atoms with Crippen LogP contribution in [-0.4, -0.2) is 79.9 Å². The fourth-order valence-electron chi connectivity index (χ4n) is 3.72. The van der Waals surface area contributed by atoms with Gasteiger partial charge in [0, 0.05) is 31.3 Å². The standard InChI is InChI=1S/C24H31Cl2FN2O5/c1-32-24-5-3-20(11-23(24)27)33-14-17(30)12-28-16-6-8-29(9-7-16)13-18(31)15-34-19-2-4-21(25)22(26)10-19/h2-5,10-11,16-18,28,30-31H,6-9,12-15H2,1H3/t17-,18-/m1/s1. The van der Waals surface area contributed by atoms with Gasteiger partial charge in [-0.3, -0.25) is 0 Å². The average Bonchev–Trinajstić information content (AvgIpc) is 2.83. The number of piperidine rings is 1. The molecule has 3 rings (SSSR count). The molecule has 2 atom stereocenters. The maximum absolute atomic E-state index is 13.7. The molecule has 7 nitrogen and oxygen atoms in total. The van der Waals surface area contributed by atoms with Gasteiger partial charge in [0.1, 0.15) is 36.9 Å². The van der Waals surface area contributed by atoms with Crippen molar-refractivity contribution in [3.63, 3.8) is 0 Å². The van der Waals surface area contributed by atoms with Crippen LogP contribution in [0.25, 0.3) is 0 Å². The van der Waals surface area contributed by atoms with Crippen LogP contribution in [0.2, 0.25) is 10.0 Å². The first-order valence-electron chi connectivity index (χ1n) is 11.2. The van der Waals surface area contributed by atoms with Gasteiger partial charge in [-0.1, -0.05) is 23.2 Å². The third-order valence-corrected chi connectivity index (χ3v) is 6.34. The summed E-state index contributed by atoms with van der Waals surface area (Å²) in [5, 5.41) is 24.7. The summed E-state index contributed by atoms with van der Waals surface area (Å²) in [5.41, 5.74) is 0. The highest BCUT2D eigenvalue weighted by Gasteiger charge is 2.22. The Morgan fingerprint density at radius 3 is 2.29 bits per heavy atom. The summed E-state index contributed by atoms with van der Waals surface area (Å²) in [6.07, 6.45) is 0.458. The minimum atomic E-state index is -0.719. The second-order valence-electron chi connectivity index (χ2n) is 8.29. The molecule has 0 aromatic heterocycles. The molecule has 2 aromatic carbocycles. The van der Waals surface area contributed by atoms with Gasteiger partial charge in [0.05, 0.1) is 17.2 Å². The molecule has 34 heavy (non-hydrogen) atoms. The van der Waals surface area contributed by atoms with Crippen LogP contribution in [0.15, 0.2) is 36.4 Å². The molecule has 0 bridgehead atoms. The Bertz CT molecular complexity index is 915. The molecule has 0 radical (unpaired) electrons. The Morgan fingerprint density at radius 1 is 1.00 bits per heavy atom. The number of benzene rings is 2. The maximum atomic E-state index is 13.7. The first-order chi connectivity index (χ1) is 16.3. The van der Waals surface area contributed by atoms with Crippen LogP contribution in [-0.2, 0) is 0 Å². The number of likely N-dealkylation sites (tertiary alicyclic amines) is 1. The predicted molar refractivity (Wildman–Crippen MR) is 130 cm³/mol. The van der Waals surface area contributed by atoms with Gasteiger partial charge in [-0.15, -0.1) is 0 Å². The summed E-state index contributed by atoms with van der Waals surface area (Å²) in [5.74, 6) is 0.543. The van der Waals surface area contributed by atoms with Crippen LogP contribution in [0, 0.1) is 5.82 Å². The maximum Gasteiger partial charge on any atom is 0.168 e. The third kappa shape index (κ3) is 8.45. The molecule has 0 amide bonds. The molecule has 0 aliphatic carbocycles. The van der Waals surface area contributed by atoms with Gasteiger partial charge in [0.15, 0.2) is 11.6 Å². The summed E-state index contributed by atoms with van der Waals surface area (Å²) in [6, 6.07) is 9.59. The molecule has 2 aromatic rings. The molecule has 10 heteroatoms. The van der Waals surface area contributed by atoms with Crippen molar-refractivity contribution in [3.8, 4) is 17.2 Å². The number of hydrogen-bond acceptors (Lipinski definition) is 7. The first kappa shape index (κ1) is 26.8. The minimum absolute atomic E-state index is 0.0582. The predicted octanol–water partition coefficient (Wildman–Crippen LogP) is 3.37. The fourth-order valence-corrected chi connectivity index (χ4v) is 4.01. The van der Waals surface area contributed by atoms with Gasteiger partial charge < -0.3 is 34.6 Å². The number of aliphatic hydroxyl groups is 2. The van der Waals surface area contributed by atoms with Gasteiger partial charge in [0.25, 0.3) is 0 Å². The monoisotopic (exact) mass is 516 g/mol. The number of β-amino-alcohol motifs (C(OH)–C–C–N with tert-alkyl or cyclic N) is 1. The highest BCUT2D eigenvalue weighted by molar-refractivity contribution is 6.42. The lowest BCUT2D eigenvalue weighted by molar-refractivity contribution is 0.0556. The lowest BCUT2D eigenvalue weighted by Crippen LogP contribution is -2.47. The van der Waals surface area contributed by atoms with E-state index in [-0.39, 0.29) is 25.0 Å². The summed E-state index contributed by atoms with van der Waals surface area (Å²) >= 11 is 11.9. The summed E-state index contributed by atoms with van der Waals surface area (Å²) < 4.78 is 29.7. The fraction of sp³-hybridized carbons (Fsp3) is 0.500. The van der Waals surface area contributed by atoms with E-state index in [9.17, 15) is 14.6 Å². The van der Waals surface area contributed by atoms with E-state index in [1.807, 2.05) is 0 Å². The normalized spacial score (nSPS) is 16.8. The molecular weight excluding hydrogens is 486 g/mol. The van der Waals surface area contributed by atoms with Crippen LogP contribution < -0.4 is 19.5 Å². The van der Waals surface area contributed by atoms with E-state index in [2.05, 4.69) is 10.2 Å². The summed E-state index contributed by atoms with van der Waals surface area (Å²) in [4.78, 5) is 2.19. The van der Waals surface area contributed by atoms with Crippen LogP contribution in [0.4, 0.5) is 4.39 Å². The van der Waals surface area contributed by atoms with Crippen molar-refractivity contribution in [1.82, 2.24) is 10.2 Å².